The van der Waals surface area contributed by atoms with E-state index < -0.39 is 0 Å². The van der Waals surface area contributed by atoms with Gasteiger partial charge in [-0.3, -0.25) is 9.59 Å². The summed E-state index contributed by atoms with van der Waals surface area (Å²) in [7, 11) is 0. The van der Waals surface area contributed by atoms with E-state index in [1.807, 2.05) is 20.8 Å². The van der Waals surface area contributed by atoms with E-state index in [9.17, 15) is 9.59 Å². The number of anilines is 2. The van der Waals surface area contributed by atoms with Gasteiger partial charge in [-0.2, -0.15) is 0 Å². The van der Waals surface area contributed by atoms with Crippen LogP contribution < -0.4 is 16.0 Å². The maximum atomic E-state index is 11.7. The summed E-state index contributed by atoms with van der Waals surface area (Å²) in [4.78, 5) is 23.3. The summed E-state index contributed by atoms with van der Waals surface area (Å²) in [5.41, 5.74) is 1.36. The van der Waals surface area contributed by atoms with Gasteiger partial charge in [0.1, 0.15) is 0 Å². The van der Waals surface area contributed by atoms with E-state index in [-0.39, 0.29) is 24.3 Å². The molecule has 0 heterocycles. The first kappa shape index (κ1) is 16.2. The first-order valence-corrected chi connectivity index (χ1v) is 6.94. The lowest BCUT2D eigenvalue weighted by Gasteiger charge is -2.10. The lowest BCUT2D eigenvalue weighted by atomic mass is 10.2. The van der Waals surface area contributed by atoms with Crippen LogP contribution in [0.25, 0.3) is 0 Å². The van der Waals surface area contributed by atoms with Crippen molar-refractivity contribution < 1.29 is 9.59 Å². The fraction of sp³-hybridized carbons (Fsp3) is 0.467. The van der Waals surface area contributed by atoms with Gasteiger partial charge in [-0.25, -0.2) is 0 Å². The number of nitrogens with one attached hydrogen (secondary N) is 3. The van der Waals surface area contributed by atoms with Crippen LogP contribution in [0, 0.1) is 5.92 Å². The molecule has 0 aliphatic rings. The molecular formula is C15H23N3O2. The molecule has 20 heavy (non-hydrogen) atoms. The van der Waals surface area contributed by atoms with Gasteiger partial charge in [-0.1, -0.05) is 26.8 Å². The van der Waals surface area contributed by atoms with Crippen LogP contribution in [0.4, 0.5) is 11.4 Å². The van der Waals surface area contributed by atoms with Crippen LogP contribution in [0.15, 0.2) is 24.3 Å². The maximum absolute atomic E-state index is 11.7. The van der Waals surface area contributed by atoms with Crippen molar-refractivity contribution >= 4 is 23.2 Å². The van der Waals surface area contributed by atoms with E-state index >= 15 is 0 Å². The van der Waals surface area contributed by atoms with Gasteiger partial charge in [0.05, 0.1) is 6.54 Å². The zero-order valence-corrected chi connectivity index (χ0v) is 12.3. The van der Waals surface area contributed by atoms with E-state index in [2.05, 4.69) is 16.0 Å². The predicted molar refractivity (Wildman–Crippen MR) is 81.7 cm³/mol. The highest BCUT2D eigenvalue weighted by Gasteiger charge is 2.08. The van der Waals surface area contributed by atoms with Crippen molar-refractivity contribution in [1.29, 1.82) is 0 Å². The normalized spacial score (nSPS) is 10.4. The Morgan fingerprint density at radius 3 is 2.40 bits per heavy atom. The zero-order chi connectivity index (χ0) is 15.0. The van der Waals surface area contributed by atoms with Crippen LogP contribution in [0.1, 0.15) is 27.2 Å². The van der Waals surface area contributed by atoms with Gasteiger partial charge in [0.25, 0.3) is 0 Å². The Kier molecular flexibility index (Phi) is 6.73. The molecule has 0 saturated heterocycles. The Bertz CT molecular complexity index is 458. The number of hydrogen-bond donors (Lipinski definition) is 3. The number of carbonyl (C=O) groups is 2. The molecule has 0 fully saturated rings. The Morgan fingerprint density at radius 1 is 1.15 bits per heavy atom. The van der Waals surface area contributed by atoms with E-state index in [4.69, 9.17) is 0 Å². The third kappa shape index (κ3) is 5.84. The maximum Gasteiger partial charge on any atom is 0.238 e. The number of amides is 2. The van der Waals surface area contributed by atoms with Crippen molar-refractivity contribution in [3.8, 4) is 0 Å². The highest BCUT2D eigenvalue weighted by Crippen LogP contribution is 2.15. The first-order valence-electron chi connectivity index (χ1n) is 6.94. The molecule has 1 aromatic rings. The third-order valence-electron chi connectivity index (χ3n) is 2.65. The average Bonchev–Trinajstić information content (AvgIpc) is 2.39. The van der Waals surface area contributed by atoms with Crippen LogP contribution in [0.3, 0.4) is 0 Å². The van der Waals surface area contributed by atoms with Crippen molar-refractivity contribution in [2.24, 2.45) is 5.92 Å². The molecule has 0 saturated carbocycles. The molecule has 110 valence electrons. The second-order valence-corrected chi connectivity index (χ2v) is 4.95. The minimum Gasteiger partial charge on any atom is -0.326 e. The monoisotopic (exact) mass is 277 g/mol. The molecule has 3 N–H and O–H groups in total. The largest absolute Gasteiger partial charge is 0.326 e. The predicted octanol–water partition coefficient (Wildman–Crippen LogP) is 2.22. The van der Waals surface area contributed by atoms with Gasteiger partial charge in [-0.15, -0.1) is 0 Å². The number of carbonyl (C=O) groups excluding carboxylic acids is 2. The molecular weight excluding hydrogens is 254 g/mol. The molecule has 0 aliphatic heterocycles. The quantitative estimate of drug-likeness (QED) is 0.669. The van der Waals surface area contributed by atoms with Crippen molar-refractivity contribution in [3.05, 3.63) is 24.3 Å². The second kappa shape index (κ2) is 8.32. The highest BCUT2D eigenvalue weighted by atomic mass is 16.2. The van der Waals surface area contributed by atoms with E-state index in [0.29, 0.717) is 11.4 Å². The van der Waals surface area contributed by atoms with Gasteiger partial charge < -0.3 is 16.0 Å². The fourth-order valence-electron chi connectivity index (χ4n) is 1.55. The molecule has 0 atom stereocenters. The highest BCUT2D eigenvalue weighted by molar-refractivity contribution is 5.95. The summed E-state index contributed by atoms with van der Waals surface area (Å²) >= 11 is 0. The molecule has 5 heteroatoms. The number of benzene rings is 1. The van der Waals surface area contributed by atoms with Crippen LogP contribution in [-0.4, -0.2) is 24.9 Å². The summed E-state index contributed by atoms with van der Waals surface area (Å²) in [5, 5.41) is 8.63. The smallest absolute Gasteiger partial charge is 0.238 e. The molecule has 5 nitrogen and oxygen atoms in total. The lowest BCUT2D eigenvalue weighted by Crippen LogP contribution is -2.28. The standard InChI is InChI=1S/C15H23N3O2/c1-4-8-16-10-14(19)17-12-6-5-7-13(9-12)18-15(20)11(2)3/h5-7,9,11,16H,4,8,10H2,1-3H3,(H,17,19)(H,18,20). The van der Waals surface area contributed by atoms with Crippen LogP contribution in [0.2, 0.25) is 0 Å². The Balaban J connectivity index is 2.55. The van der Waals surface area contributed by atoms with Crippen molar-refractivity contribution in [2.45, 2.75) is 27.2 Å². The van der Waals surface area contributed by atoms with Crippen LogP contribution >= 0.6 is 0 Å². The van der Waals surface area contributed by atoms with Crippen molar-refractivity contribution in [1.82, 2.24) is 5.32 Å². The van der Waals surface area contributed by atoms with Crippen LogP contribution in [-0.2, 0) is 9.59 Å². The molecule has 0 spiro atoms. The topological polar surface area (TPSA) is 70.2 Å². The molecule has 1 rings (SSSR count). The van der Waals surface area contributed by atoms with Gasteiger partial charge in [0.15, 0.2) is 0 Å². The summed E-state index contributed by atoms with van der Waals surface area (Å²) < 4.78 is 0. The summed E-state index contributed by atoms with van der Waals surface area (Å²) in [6.07, 6.45) is 0.990. The number of hydrogen-bond acceptors (Lipinski definition) is 3. The molecule has 2 amide bonds. The van der Waals surface area contributed by atoms with E-state index in [1.54, 1.807) is 24.3 Å². The third-order valence-corrected chi connectivity index (χ3v) is 2.65. The zero-order valence-electron chi connectivity index (χ0n) is 12.3. The first-order chi connectivity index (χ1) is 9.52. The minimum absolute atomic E-state index is 0.0434. The fourth-order valence-corrected chi connectivity index (χ4v) is 1.55. The van der Waals surface area contributed by atoms with Gasteiger partial charge in [-0.05, 0) is 31.2 Å². The molecule has 0 bridgehead atoms. The summed E-state index contributed by atoms with van der Waals surface area (Å²) in [5.74, 6) is -0.213. The van der Waals surface area contributed by atoms with Gasteiger partial charge >= 0.3 is 0 Å². The SMILES string of the molecule is CCCNCC(=O)Nc1cccc(NC(=O)C(C)C)c1. The molecule has 0 aliphatic carbocycles. The summed E-state index contributed by atoms with van der Waals surface area (Å²) in [6.45, 7) is 6.82. The van der Waals surface area contributed by atoms with E-state index in [1.165, 1.54) is 0 Å². The van der Waals surface area contributed by atoms with E-state index in [0.717, 1.165) is 13.0 Å². The second-order valence-electron chi connectivity index (χ2n) is 4.95. The molecule has 0 aromatic heterocycles. The van der Waals surface area contributed by atoms with Crippen molar-refractivity contribution in [3.63, 3.8) is 0 Å². The molecule has 0 unspecified atom stereocenters. The average molecular weight is 277 g/mol. The Labute approximate surface area is 120 Å². The van der Waals surface area contributed by atoms with Gasteiger partial charge in [0.2, 0.25) is 11.8 Å². The van der Waals surface area contributed by atoms with Gasteiger partial charge in [0, 0.05) is 17.3 Å². The van der Waals surface area contributed by atoms with Crippen molar-refractivity contribution in [2.75, 3.05) is 23.7 Å². The lowest BCUT2D eigenvalue weighted by molar-refractivity contribution is -0.119. The van der Waals surface area contributed by atoms with Crippen LogP contribution in [0.5, 0.6) is 0 Å². The molecule has 1 aromatic carbocycles. The minimum atomic E-state index is -0.0919. The Hall–Kier alpha value is -1.88. The number of rotatable bonds is 7. The summed E-state index contributed by atoms with van der Waals surface area (Å²) in [6, 6.07) is 7.14. The Morgan fingerprint density at radius 2 is 1.80 bits per heavy atom. The molecule has 0 radical (unpaired) electrons.